The van der Waals surface area contributed by atoms with Gasteiger partial charge in [0.1, 0.15) is 17.2 Å². The molecule has 4 heterocycles. The van der Waals surface area contributed by atoms with E-state index in [1.54, 1.807) is 19.4 Å². The van der Waals surface area contributed by atoms with Gasteiger partial charge in [0, 0.05) is 42.0 Å². The first-order valence-electron chi connectivity index (χ1n) is 11.6. The molecule has 7 rings (SSSR count). The fourth-order valence-electron chi connectivity index (χ4n) is 5.73. The molecule has 0 spiro atoms. The van der Waals surface area contributed by atoms with Crippen LogP contribution in [0.15, 0.2) is 30.9 Å². The quantitative estimate of drug-likeness (QED) is 0.396. The van der Waals surface area contributed by atoms with E-state index in [2.05, 4.69) is 30.4 Å². The number of aromatic nitrogens is 6. The largest absolute Gasteiger partial charge is 0.481 e. The summed E-state index contributed by atoms with van der Waals surface area (Å²) in [6.45, 7) is 0. The van der Waals surface area contributed by atoms with Crippen molar-refractivity contribution in [3.8, 4) is 22.6 Å². The molecule has 0 saturated heterocycles. The molecule has 3 fully saturated rings. The number of halogens is 2. The predicted molar refractivity (Wildman–Crippen MR) is 123 cm³/mol. The number of pyridine rings is 1. The minimum Gasteiger partial charge on any atom is -0.481 e. The predicted octanol–water partition coefficient (Wildman–Crippen LogP) is 4.00. The first kappa shape index (κ1) is 21.6. The lowest BCUT2D eigenvalue weighted by atomic mass is 9.61. The van der Waals surface area contributed by atoms with Crippen LogP contribution in [0.3, 0.4) is 0 Å². The molecule has 0 aliphatic heterocycles. The number of carbonyl (C=O) groups is 1. The van der Waals surface area contributed by atoms with Gasteiger partial charge in [0.05, 0.1) is 18.3 Å². The average Bonchev–Trinajstić information content (AvgIpc) is 3.46. The van der Waals surface area contributed by atoms with Crippen LogP contribution >= 0.6 is 0 Å². The number of carboxylic acid groups (broad SMARTS) is 1. The van der Waals surface area contributed by atoms with Gasteiger partial charge < -0.3 is 15.4 Å². The van der Waals surface area contributed by atoms with Crippen LogP contribution < -0.4 is 5.32 Å². The summed E-state index contributed by atoms with van der Waals surface area (Å²) >= 11 is 0. The number of rotatable bonds is 5. The fraction of sp³-hybridized carbons (Fsp3) is 0.375. The third-order valence-electron chi connectivity index (χ3n) is 7.38. The van der Waals surface area contributed by atoms with Gasteiger partial charge in [-0.3, -0.25) is 9.48 Å². The van der Waals surface area contributed by atoms with Crippen LogP contribution in [0.25, 0.3) is 33.7 Å². The number of anilines is 1. The number of hydrogen-bond donors (Lipinski definition) is 3. The van der Waals surface area contributed by atoms with Gasteiger partial charge in [0.25, 0.3) is 0 Å². The Labute approximate surface area is 198 Å². The van der Waals surface area contributed by atoms with E-state index in [0.29, 0.717) is 22.2 Å². The van der Waals surface area contributed by atoms with Crippen LogP contribution in [0.2, 0.25) is 0 Å². The first-order chi connectivity index (χ1) is 16.9. The third kappa shape index (κ3) is 3.62. The molecule has 35 heavy (non-hydrogen) atoms. The minimum absolute atomic E-state index is 0.0251. The number of H-pyrrole nitrogens is 1. The van der Waals surface area contributed by atoms with Crippen molar-refractivity contribution in [3.63, 3.8) is 0 Å². The molecule has 2 bridgehead atoms. The summed E-state index contributed by atoms with van der Waals surface area (Å²) < 4.78 is 31.3. The zero-order valence-corrected chi connectivity index (χ0v) is 18.9. The smallest absolute Gasteiger partial charge is 0.308 e. The fourth-order valence-corrected chi connectivity index (χ4v) is 5.73. The Bertz CT molecular complexity index is 1440. The second kappa shape index (κ2) is 8.10. The lowest BCUT2D eigenvalue weighted by molar-refractivity contribution is -0.148. The molecule has 11 heteroatoms. The Hall–Kier alpha value is -3.89. The maximum absolute atomic E-state index is 15.8. The van der Waals surface area contributed by atoms with Gasteiger partial charge in [0.2, 0.25) is 0 Å². The zero-order valence-electron chi connectivity index (χ0n) is 18.9. The summed E-state index contributed by atoms with van der Waals surface area (Å²) in [5, 5.41) is 17.7. The van der Waals surface area contributed by atoms with Gasteiger partial charge in [-0.2, -0.15) is 5.10 Å². The summed E-state index contributed by atoms with van der Waals surface area (Å²) in [7, 11) is 1.72. The summed E-state index contributed by atoms with van der Waals surface area (Å²) in [6.07, 6.45) is 9.37. The number of aryl methyl sites for hydroxylation is 1. The Kier molecular flexibility index (Phi) is 5.01. The molecule has 3 aliphatic rings. The van der Waals surface area contributed by atoms with E-state index >= 15 is 4.39 Å². The number of hydrogen-bond acceptors (Lipinski definition) is 6. The number of aromatic amines is 1. The van der Waals surface area contributed by atoms with E-state index in [1.165, 1.54) is 16.9 Å². The van der Waals surface area contributed by atoms with Gasteiger partial charge in [-0.15, -0.1) is 0 Å². The van der Waals surface area contributed by atoms with E-state index in [9.17, 15) is 14.3 Å². The number of fused-ring (bicyclic) bond motifs is 4. The summed E-state index contributed by atoms with van der Waals surface area (Å²) in [5.41, 5.74) is 1.38. The van der Waals surface area contributed by atoms with Crippen molar-refractivity contribution in [2.45, 2.75) is 31.7 Å². The molecule has 4 aromatic heterocycles. The standard InChI is InChI=1S/C24H23F2N7O2/c1-33-10-13(7-29-33)20-18(26)23(30-19-12-4-2-11(3-5-12)17(19)24(34)35)32-22(31-20)16-9-28-21-15(16)6-14(25)8-27-21/h6-12,17,19H,2-5H2,1H3,(H,27,28)(H,34,35)(H,30,31,32). The second-order valence-corrected chi connectivity index (χ2v) is 9.42. The van der Waals surface area contributed by atoms with Crippen LogP contribution in [0.1, 0.15) is 25.7 Å². The van der Waals surface area contributed by atoms with Crippen molar-refractivity contribution < 1.29 is 18.7 Å². The van der Waals surface area contributed by atoms with Gasteiger partial charge in [-0.05, 0) is 43.6 Å². The molecule has 3 saturated carbocycles. The number of aliphatic carboxylic acids is 1. The van der Waals surface area contributed by atoms with E-state index in [1.807, 2.05) is 0 Å². The Morgan fingerprint density at radius 1 is 1.17 bits per heavy atom. The Balaban J connectivity index is 1.50. The van der Waals surface area contributed by atoms with Crippen LogP contribution in [-0.2, 0) is 11.8 Å². The molecule has 0 amide bonds. The van der Waals surface area contributed by atoms with E-state index in [-0.39, 0.29) is 29.2 Å². The summed E-state index contributed by atoms with van der Waals surface area (Å²) in [5.74, 6) is -2.43. The molecular weight excluding hydrogens is 456 g/mol. The van der Waals surface area contributed by atoms with Crippen molar-refractivity contribution in [3.05, 3.63) is 42.5 Å². The number of nitrogens with zero attached hydrogens (tertiary/aromatic N) is 5. The molecule has 180 valence electrons. The van der Waals surface area contributed by atoms with Crippen molar-refractivity contribution in [2.24, 2.45) is 24.8 Å². The molecule has 0 radical (unpaired) electrons. The van der Waals surface area contributed by atoms with E-state index in [4.69, 9.17) is 0 Å². The highest BCUT2D eigenvalue weighted by Gasteiger charge is 2.47. The topological polar surface area (TPSA) is 122 Å². The Morgan fingerprint density at radius 3 is 2.66 bits per heavy atom. The number of carboxylic acids is 1. The molecule has 4 aromatic rings. The summed E-state index contributed by atoms with van der Waals surface area (Å²) in [6, 6.07) is 0.874. The first-order valence-corrected chi connectivity index (χ1v) is 11.6. The SMILES string of the molecule is Cn1cc(-c2nc(-c3c[nH]c4ncc(F)cc34)nc(NC3C4CCC(CC4)C3C(=O)O)c2F)cn1. The maximum Gasteiger partial charge on any atom is 0.308 e. The number of nitrogens with one attached hydrogen (secondary N) is 2. The molecule has 2 atom stereocenters. The van der Waals surface area contributed by atoms with E-state index < -0.39 is 29.6 Å². The highest BCUT2D eigenvalue weighted by molar-refractivity contribution is 5.92. The van der Waals surface area contributed by atoms with Crippen LogP contribution in [0.4, 0.5) is 14.6 Å². The Morgan fingerprint density at radius 2 is 1.94 bits per heavy atom. The van der Waals surface area contributed by atoms with Crippen LogP contribution in [0.5, 0.6) is 0 Å². The minimum atomic E-state index is -0.878. The average molecular weight is 479 g/mol. The highest BCUT2D eigenvalue weighted by atomic mass is 19.1. The molecule has 9 nitrogen and oxygen atoms in total. The lowest BCUT2D eigenvalue weighted by Crippen LogP contribution is -2.51. The lowest BCUT2D eigenvalue weighted by Gasteiger charge is -2.47. The second-order valence-electron chi connectivity index (χ2n) is 9.42. The van der Waals surface area contributed by atoms with E-state index in [0.717, 1.165) is 31.9 Å². The monoisotopic (exact) mass is 479 g/mol. The van der Waals surface area contributed by atoms with Crippen molar-refractivity contribution in [1.29, 1.82) is 0 Å². The molecular formula is C24H23F2N7O2. The van der Waals surface area contributed by atoms with Gasteiger partial charge >= 0.3 is 5.97 Å². The maximum atomic E-state index is 15.8. The molecule has 0 aromatic carbocycles. The third-order valence-corrected chi connectivity index (χ3v) is 7.38. The van der Waals surface area contributed by atoms with Crippen molar-refractivity contribution >= 4 is 22.8 Å². The van der Waals surface area contributed by atoms with Gasteiger partial charge in [0.15, 0.2) is 17.5 Å². The normalized spacial score (nSPS) is 23.6. The van der Waals surface area contributed by atoms with Gasteiger partial charge in [-0.1, -0.05) is 0 Å². The molecule has 3 aliphatic carbocycles. The van der Waals surface area contributed by atoms with Crippen LogP contribution in [-0.4, -0.2) is 46.8 Å². The molecule has 3 N–H and O–H groups in total. The van der Waals surface area contributed by atoms with Crippen molar-refractivity contribution in [2.75, 3.05) is 5.32 Å². The van der Waals surface area contributed by atoms with Crippen LogP contribution in [0, 0.1) is 29.4 Å². The molecule has 2 unspecified atom stereocenters. The van der Waals surface area contributed by atoms with Crippen molar-refractivity contribution in [1.82, 2.24) is 29.7 Å². The zero-order chi connectivity index (χ0) is 24.3. The highest BCUT2D eigenvalue weighted by Crippen LogP contribution is 2.46. The summed E-state index contributed by atoms with van der Waals surface area (Å²) in [4.78, 5) is 28.1. The van der Waals surface area contributed by atoms with Gasteiger partial charge in [-0.25, -0.2) is 23.7 Å².